The Morgan fingerprint density at radius 3 is 2.81 bits per heavy atom. The molecule has 1 fully saturated rings. The van der Waals surface area contributed by atoms with Crippen molar-refractivity contribution in [3.8, 4) is 0 Å². The number of aryl methyl sites for hydroxylation is 2. The second-order valence-corrected chi connectivity index (χ2v) is 9.32. The summed E-state index contributed by atoms with van der Waals surface area (Å²) in [5.41, 5.74) is 3.80. The SMILES string of the molecule is Cc1nc2ccccn2c1C(=O)N(CCN1CCOCC1)c1nc2c(C)c(Cl)ccc2s1. The van der Waals surface area contributed by atoms with Crippen molar-refractivity contribution in [3.63, 3.8) is 0 Å². The minimum absolute atomic E-state index is 0.0998. The summed E-state index contributed by atoms with van der Waals surface area (Å²) in [5.74, 6) is -0.0998. The number of morpholine rings is 1. The smallest absolute Gasteiger partial charge is 0.279 e. The molecule has 4 aromatic rings. The summed E-state index contributed by atoms with van der Waals surface area (Å²) in [5, 5.41) is 1.35. The summed E-state index contributed by atoms with van der Waals surface area (Å²) in [7, 11) is 0. The van der Waals surface area contributed by atoms with Crippen LogP contribution in [-0.4, -0.2) is 64.6 Å². The van der Waals surface area contributed by atoms with Crippen LogP contribution in [0.1, 0.15) is 21.7 Å². The molecule has 5 rings (SSSR count). The van der Waals surface area contributed by atoms with E-state index in [1.54, 1.807) is 4.90 Å². The molecule has 4 heterocycles. The van der Waals surface area contributed by atoms with E-state index >= 15 is 0 Å². The maximum atomic E-state index is 13.9. The summed E-state index contributed by atoms with van der Waals surface area (Å²) in [6.45, 7) is 8.30. The van der Waals surface area contributed by atoms with E-state index in [-0.39, 0.29) is 5.91 Å². The number of anilines is 1. The Morgan fingerprint density at radius 2 is 2.00 bits per heavy atom. The van der Waals surface area contributed by atoms with Gasteiger partial charge >= 0.3 is 0 Å². The van der Waals surface area contributed by atoms with Gasteiger partial charge in [-0.05, 0) is 43.7 Å². The van der Waals surface area contributed by atoms with Crippen molar-refractivity contribution in [3.05, 3.63) is 58.5 Å². The molecule has 1 aliphatic rings. The molecule has 0 bridgehead atoms. The van der Waals surface area contributed by atoms with E-state index in [1.165, 1.54) is 11.3 Å². The van der Waals surface area contributed by atoms with Crippen molar-refractivity contribution >= 4 is 49.8 Å². The molecule has 7 nitrogen and oxygen atoms in total. The molecule has 0 atom stereocenters. The van der Waals surface area contributed by atoms with Crippen molar-refractivity contribution in [1.29, 1.82) is 0 Å². The number of hydrogen-bond acceptors (Lipinski definition) is 6. The number of pyridine rings is 1. The summed E-state index contributed by atoms with van der Waals surface area (Å²) >= 11 is 7.84. The number of halogens is 1. The Bertz CT molecular complexity index is 1290. The predicted molar refractivity (Wildman–Crippen MR) is 128 cm³/mol. The first-order chi connectivity index (χ1) is 15.5. The molecular weight excluding hydrogens is 446 g/mol. The van der Waals surface area contributed by atoms with Gasteiger partial charge in [0.05, 0.1) is 29.1 Å². The van der Waals surface area contributed by atoms with Gasteiger partial charge in [-0.25, -0.2) is 9.97 Å². The van der Waals surface area contributed by atoms with Crippen LogP contribution in [0.5, 0.6) is 0 Å². The fraction of sp³-hybridized carbons (Fsp3) is 0.348. The number of aromatic nitrogens is 3. The quantitative estimate of drug-likeness (QED) is 0.438. The number of hydrogen-bond donors (Lipinski definition) is 0. The van der Waals surface area contributed by atoms with Crippen molar-refractivity contribution in [2.75, 3.05) is 44.3 Å². The molecular formula is C23H24ClN5O2S. The zero-order chi connectivity index (χ0) is 22.2. The first-order valence-corrected chi connectivity index (χ1v) is 11.8. The normalized spacial score (nSPS) is 15.0. The van der Waals surface area contributed by atoms with Gasteiger partial charge in [-0.2, -0.15) is 0 Å². The third-order valence-electron chi connectivity index (χ3n) is 5.86. The van der Waals surface area contributed by atoms with E-state index in [1.807, 2.05) is 54.8 Å². The highest BCUT2D eigenvalue weighted by atomic mass is 35.5. The van der Waals surface area contributed by atoms with Crippen LogP contribution in [0.4, 0.5) is 5.13 Å². The van der Waals surface area contributed by atoms with Gasteiger partial charge in [0.2, 0.25) is 0 Å². The maximum Gasteiger partial charge on any atom is 0.279 e. The van der Waals surface area contributed by atoms with E-state index in [2.05, 4.69) is 9.88 Å². The molecule has 1 saturated heterocycles. The van der Waals surface area contributed by atoms with Crippen molar-refractivity contribution < 1.29 is 9.53 Å². The van der Waals surface area contributed by atoms with Crippen LogP contribution >= 0.6 is 22.9 Å². The van der Waals surface area contributed by atoms with Gasteiger partial charge in [-0.15, -0.1) is 0 Å². The van der Waals surface area contributed by atoms with Crippen molar-refractivity contribution in [2.24, 2.45) is 0 Å². The van der Waals surface area contributed by atoms with Crippen LogP contribution in [0, 0.1) is 13.8 Å². The van der Waals surface area contributed by atoms with Crippen LogP contribution in [0.3, 0.4) is 0 Å². The number of thiazole rings is 1. The van der Waals surface area contributed by atoms with Crippen molar-refractivity contribution in [2.45, 2.75) is 13.8 Å². The highest BCUT2D eigenvalue weighted by Crippen LogP contribution is 2.34. The largest absolute Gasteiger partial charge is 0.379 e. The van der Waals surface area contributed by atoms with Crippen molar-refractivity contribution in [1.82, 2.24) is 19.3 Å². The molecule has 0 N–H and O–H groups in total. The van der Waals surface area contributed by atoms with E-state index in [0.29, 0.717) is 28.1 Å². The monoisotopic (exact) mass is 469 g/mol. The number of imidazole rings is 1. The number of rotatable bonds is 5. The Kier molecular flexibility index (Phi) is 5.86. The fourth-order valence-electron chi connectivity index (χ4n) is 4.05. The molecule has 1 aromatic carbocycles. The summed E-state index contributed by atoms with van der Waals surface area (Å²) in [6.07, 6.45) is 1.88. The summed E-state index contributed by atoms with van der Waals surface area (Å²) in [6, 6.07) is 9.59. The molecule has 0 saturated carbocycles. The van der Waals surface area contributed by atoms with E-state index in [9.17, 15) is 4.79 Å². The van der Waals surface area contributed by atoms with Crippen LogP contribution in [0.15, 0.2) is 36.5 Å². The second-order valence-electron chi connectivity index (χ2n) is 7.90. The lowest BCUT2D eigenvalue weighted by Crippen LogP contribution is -2.43. The number of nitrogens with zero attached hydrogens (tertiary/aromatic N) is 5. The highest BCUT2D eigenvalue weighted by molar-refractivity contribution is 7.22. The summed E-state index contributed by atoms with van der Waals surface area (Å²) in [4.78, 5) is 27.4. The lowest BCUT2D eigenvalue weighted by Gasteiger charge is -2.29. The highest BCUT2D eigenvalue weighted by Gasteiger charge is 2.27. The van der Waals surface area contributed by atoms with Gasteiger partial charge < -0.3 is 4.74 Å². The first-order valence-electron chi connectivity index (χ1n) is 10.6. The first kappa shape index (κ1) is 21.3. The van der Waals surface area contributed by atoms with Crippen LogP contribution in [0.25, 0.3) is 15.9 Å². The molecule has 1 amide bonds. The van der Waals surface area contributed by atoms with Gasteiger partial charge in [0.15, 0.2) is 5.13 Å². The Labute approximate surface area is 195 Å². The minimum Gasteiger partial charge on any atom is -0.379 e. The third-order valence-corrected chi connectivity index (χ3v) is 7.32. The lowest BCUT2D eigenvalue weighted by atomic mass is 10.2. The number of carbonyl (C=O) groups is 1. The Morgan fingerprint density at radius 1 is 1.19 bits per heavy atom. The molecule has 9 heteroatoms. The number of benzene rings is 1. The molecule has 166 valence electrons. The Hall–Kier alpha value is -2.52. The molecule has 32 heavy (non-hydrogen) atoms. The zero-order valence-corrected chi connectivity index (χ0v) is 19.6. The van der Waals surface area contributed by atoms with Gasteiger partial charge in [-0.3, -0.25) is 19.0 Å². The van der Waals surface area contributed by atoms with E-state index < -0.39 is 0 Å². The average molecular weight is 470 g/mol. The number of ether oxygens (including phenoxy) is 1. The predicted octanol–water partition coefficient (Wildman–Crippen LogP) is 4.19. The standard InChI is InChI=1S/C23H24ClN5O2S/c1-15-17(24)6-7-18-20(15)26-23(32-18)29(10-9-27-11-13-31-14-12-27)22(30)21-16(2)25-19-5-3-4-8-28(19)21/h3-8H,9-14H2,1-2H3. The third kappa shape index (κ3) is 3.88. The molecule has 0 spiro atoms. The van der Waals surface area contributed by atoms with E-state index in [0.717, 1.165) is 54.3 Å². The van der Waals surface area contributed by atoms with Gasteiger partial charge in [0.25, 0.3) is 5.91 Å². The topological polar surface area (TPSA) is 63.0 Å². The minimum atomic E-state index is -0.0998. The zero-order valence-electron chi connectivity index (χ0n) is 18.0. The second kappa shape index (κ2) is 8.78. The van der Waals surface area contributed by atoms with Crippen LogP contribution in [-0.2, 0) is 4.74 Å². The van der Waals surface area contributed by atoms with Crippen LogP contribution < -0.4 is 4.90 Å². The molecule has 1 aliphatic heterocycles. The fourth-order valence-corrected chi connectivity index (χ4v) is 5.26. The molecule has 3 aromatic heterocycles. The summed E-state index contributed by atoms with van der Waals surface area (Å²) < 4.78 is 8.34. The molecule has 0 aliphatic carbocycles. The lowest BCUT2D eigenvalue weighted by molar-refractivity contribution is 0.0391. The maximum absolute atomic E-state index is 13.9. The number of fused-ring (bicyclic) bond motifs is 2. The van der Waals surface area contributed by atoms with Crippen LogP contribution in [0.2, 0.25) is 5.02 Å². The Balaban J connectivity index is 1.55. The van der Waals surface area contributed by atoms with Gasteiger partial charge in [-0.1, -0.05) is 29.0 Å². The molecule has 0 unspecified atom stereocenters. The number of amides is 1. The van der Waals surface area contributed by atoms with Gasteiger partial charge in [0.1, 0.15) is 11.3 Å². The van der Waals surface area contributed by atoms with E-state index in [4.69, 9.17) is 21.3 Å². The molecule has 0 radical (unpaired) electrons. The van der Waals surface area contributed by atoms with Gasteiger partial charge in [0, 0.05) is 37.4 Å². The number of carbonyl (C=O) groups excluding carboxylic acids is 1. The average Bonchev–Trinajstić information content (AvgIpc) is 3.38.